The molecule has 26 heavy (non-hydrogen) atoms. The van der Waals surface area contributed by atoms with Crippen molar-refractivity contribution in [2.24, 2.45) is 0 Å². The first-order valence-electron chi connectivity index (χ1n) is 8.25. The molecule has 4 N–H and O–H groups in total. The zero-order valence-corrected chi connectivity index (χ0v) is 15.4. The van der Waals surface area contributed by atoms with E-state index in [1.807, 2.05) is 29.2 Å². The molecule has 8 nitrogen and oxygen atoms in total. The number of hydrogen-bond acceptors (Lipinski definition) is 8. The maximum Gasteiger partial charge on any atom is 0.233 e. The standard InChI is InChI=1S/C17H22N6O2S/c1-25-13-5-3-2-4-12(13)22-6-8-23(9-7-22)16(24)11-26-17-20-14(18)10-15(19)21-17/h2-5,10H,6-9,11H2,1H3,(H4,18,19,20,21). The van der Waals surface area contributed by atoms with Crippen LogP contribution in [0.5, 0.6) is 5.75 Å². The smallest absolute Gasteiger partial charge is 0.233 e. The molecule has 1 aliphatic rings. The summed E-state index contributed by atoms with van der Waals surface area (Å²) in [4.78, 5) is 24.7. The van der Waals surface area contributed by atoms with Crippen molar-refractivity contribution in [1.29, 1.82) is 0 Å². The van der Waals surface area contributed by atoms with Crippen LogP contribution < -0.4 is 21.1 Å². The van der Waals surface area contributed by atoms with Crippen molar-refractivity contribution in [3.05, 3.63) is 30.3 Å². The minimum Gasteiger partial charge on any atom is -0.495 e. The molecule has 1 fully saturated rings. The van der Waals surface area contributed by atoms with Gasteiger partial charge in [0.15, 0.2) is 5.16 Å². The highest BCUT2D eigenvalue weighted by molar-refractivity contribution is 7.99. The van der Waals surface area contributed by atoms with Gasteiger partial charge in [-0.2, -0.15) is 0 Å². The number of benzene rings is 1. The first kappa shape index (κ1) is 18.1. The molecule has 0 bridgehead atoms. The van der Waals surface area contributed by atoms with Crippen LogP contribution in [0.1, 0.15) is 0 Å². The molecule has 1 aromatic heterocycles. The van der Waals surface area contributed by atoms with E-state index in [2.05, 4.69) is 14.9 Å². The molecule has 2 aromatic rings. The number of para-hydroxylation sites is 2. The van der Waals surface area contributed by atoms with Crippen LogP contribution in [0.3, 0.4) is 0 Å². The Morgan fingerprint density at radius 1 is 1.15 bits per heavy atom. The van der Waals surface area contributed by atoms with E-state index in [9.17, 15) is 4.79 Å². The largest absolute Gasteiger partial charge is 0.495 e. The van der Waals surface area contributed by atoms with Crippen molar-refractivity contribution in [3.63, 3.8) is 0 Å². The number of carbonyl (C=O) groups is 1. The quantitative estimate of drug-likeness (QED) is 0.591. The van der Waals surface area contributed by atoms with Gasteiger partial charge in [-0.25, -0.2) is 9.97 Å². The fourth-order valence-electron chi connectivity index (χ4n) is 2.83. The Hall–Kier alpha value is -2.68. The van der Waals surface area contributed by atoms with Crippen LogP contribution in [-0.2, 0) is 4.79 Å². The number of thioether (sulfide) groups is 1. The summed E-state index contributed by atoms with van der Waals surface area (Å²) in [5.41, 5.74) is 12.4. The third-order valence-electron chi connectivity index (χ3n) is 4.13. The zero-order chi connectivity index (χ0) is 18.5. The van der Waals surface area contributed by atoms with E-state index in [1.165, 1.54) is 17.8 Å². The van der Waals surface area contributed by atoms with E-state index in [0.717, 1.165) is 24.5 Å². The van der Waals surface area contributed by atoms with Crippen molar-refractivity contribution in [1.82, 2.24) is 14.9 Å². The van der Waals surface area contributed by atoms with Crippen molar-refractivity contribution in [2.45, 2.75) is 5.16 Å². The molecule has 1 saturated heterocycles. The van der Waals surface area contributed by atoms with Crippen molar-refractivity contribution < 1.29 is 9.53 Å². The molecule has 0 atom stereocenters. The molecule has 2 heterocycles. The van der Waals surface area contributed by atoms with Crippen LogP contribution >= 0.6 is 11.8 Å². The molecule has 3 rings (SSSR count). The predicted molar refractivity (Wildman–Crippen MR) is 103 cm³/mol. The molecular weight excluding hydrogens is 352 g/mol. The number of anilines is 3. The van der Waals surface area contributed by atoms with Crippen LogP contribution in [0.4, 0.5) is 17.3 Å². The zero-order valence-electron chi connectivity index (χ0n) is 14.6. The summed E-state index contributed by atoms with van der Waals surface area (Å²) in [7, 11) is 1.67. The van der Waals surface area contributed by atoms with Crippen molar-refractivity contribution in [3.8, 4) is 5.75 Å². The summed E-state index contributed by atoms with van der Waals surface area (Å²) in [5, 5.41) is 0.420. The first-order valence-corrected chi connectivity index (χ1v) is 9.24. The van der Waals surface area contributed by atoms with Gasteiger partial charge in [0.2, 0.25) is 5.91 Å². The second kappa shape index (κ2) is 8.13. The minimum absolute atomic E-state index is 0.0549. The Balaban J connectivity index is 1.53. The minimum atomic E-state index is 0.0549. The van der Waals surface area contributed by atoms with Gasteiger partial charge in [-0.05, 0) is 12.1 Å². The molecular formula is C17H22N6O2S. The maximum absolute atomic E-state index is 12.5. The molecule has 1 aliphatic heterocycles. The second-order valence-electron chi connectivity index (χ2n) is 5.83. The van der Waals surface area contributed by atoms with E-state index in [4.69, 9.17) is 16.2 Å². The number of nitrogens with zero attached hydrogens (tertiary/aromatic N) is 4. The maximum atomic E-state index is 12.5. The van der Waals surface area contributed by atoms with Crippen molar-refractivity contribution >= 4 is 35.0 Å². The number of amides is 1. The monoisotopic (exact) mass is 374 g/mol. The van der Waals surface area contributed by atoms with Crippen LogP contribution in [0.15, 0.2) is 35.5 Å². The number of ether oxygens (including phenoxy) is 1. The Morgan fingerprint density at radius 3 is 2.46 bits per heavy atom. The Bertz CT molecular complexity index is 759. The highest BCUT2D eigenvalue weighted by Crippen LogP contribution is 2.28. The summed E-state index contributed by atoms with van der Waals surface area (Å²) >= 11 is 1.25. The normalized spacial score (nSPS) is 14.3. The molecule has 0 unspecified atom stereocenters. The number of carbonyl (C=O) groups excluding carboxylic acids is 1. The molecule has 1 amide bonds. The van der Waals surface area contributed by atoms with Crippen LogP contribution in [-0.4, -0.2) is 59.8 Å². The van der Waals surface area contributed by atoms with Gasteiger partial charge >= 0.3 is 0 Å². The van der Waals surface area contributed by atoms with E-state index in [-0.39, 0.29) is 11.7 Å². The second-order valence-corrected chi connectivity index (χ2v) is 6.77. The van der Waals surface area contributed by atoms with Crippen LogP contribution in [0, 0.1) is 0 Å². The number of nitrogen functional groups attached to an aromatic ring is 2. The number of nitrogens with two attached hydrogens (primary N) is 2. The fraction of sp³-hybridized carbons (Fsp3) is 0.353. The molecule has 0 aliphatic carbocycles. The average Bonchev–Trinajstić information content (AvgIpc) is 2.65. The lowest BCUT2D eigenvalue weighted by Crippen LogP contribution is -2.49. The van der Waals surface area contributed by atoms with Gasteiger partial charge in [0, 0.05) is 32.2 Å². The summed E-state index contributed by atoms with van der Waals surface area (Å²) in [5.74, 6) is 1.77. The van der Waals surface area contributed by atoms with Gasteiger partial charge in [-0.3, -0.25) is 4.79 Å². The summed E-state index contributed by atoms with van der Waals surface area (Å²) in [6, 6.07) is 9.41. The topological polar surface area (TPSA) is 111 Å². The number of rotatable bonds is 5. The van der Waals surface area contributed by atoms with Crippen LogP contribution in [0.25, 0.3) is 0 Å². The molecule has 1 aromatic carbocycles. The van der Waals surface area contributed by atoms with Gasteiger partial charge in [0.05, 0.1) is 18.6 Å². The highest BCUT2D eigenvalue weighted by atomic mass is 32.2. The molecule has 0 radical (unpaired) electrons. The van der Waals surface area contributed by atoms with E-state index in [1.54, 1.807) is 7.11 Å². The number of hydrogen-bond donors (Lipinski definition) is 2. The number of aromatic nitrogens is 2. The summed E-state index contributed by atoms with van der Waals surface area (Å²) in [6.07, 6.45) is 0. The number of piperazine rings is 1. The van der Waals surface area contributed by atoms with E-state index < -0.39 is 0 Å². The van der Waals surface area contributed by atoms with Crippen LogP contribution in [0.2, 0.25) is 0 Å². The molecule has 9 heteroatoms. The Labute approximate surface area is 156 Å². The van der Waals surface area contributed by atoms with E-state index in [0.29, 0.717) is 29.9 Å². The average molecular weight is 374 g/mol. The Kier molecular flexibility index (Phi) is 5.67. The third-order valence-corrected chi connectivity index (χ3v) is 4.96. The van der Waals surface area contributed by atoms with E-state index >= 15 is 0 Å². The highest BCUT2D eigenvalue weighted by Gasteiger charge is 2.23. The molecule has 0 spiro atoms. The van der Waals surface area contributed by atoms with Gasteiger partial charge < -0.3 is 26.0 Å². The fourth-order valence-corrected chi connectivity index (χ4v) is 3.61. The molecule has 0 saturated carbocycles. The predicted octanol–water partition coefficient (Wildman–Crippen LogP) is 1.09. The summed E-state index contributed by atoms with van der Waals surface area (Å²) < 4.78 is 5.42. The van der Waals surface area contributed by atoms with Gasteiger partial charge in [-0.15, -0.1) is 0 Å². The lowest BCUT2D eigenvalue weighted by molar-refractivity contribution is -0.128. The van der Waals surface area contributed by atoms with Crippen molar-refractivity contribution in [2.75, 3.05) is 55.4 Å². The lowest BCUT2D eigenvalue weighted by Gasteiger charge is -2.36. The Morgan fingerprint density at radius 2 is 1.81 bits per heavy atom. The number of methoxy groups -OCH3 is 1. The first-order chi connectivity index (χ1) is 12.6. The summed E-state index contributed by atoms with van der Waals surface area (Å²) in [6.45, 7) is 2.85. The SMILES string of the molecule is COc1ccccc1N1CCN(C(=O)CSc2nc(N)cc(N)n2)CC1. The van der Waals surface area contributed by atoms with Gasteiger partial charge in [0.25, 0.3) is 0 Å². The van der Waals surface area contributed by atoms with Gasteiger partial charge in [0.1, 0.15) is 17.4 Å². The van der Waals surface area contributed by atoms with Gasteiger partial charge in [-0.1, -0.05) is 23.9 Å². The lowest BCUT2D eigenvalue weighted by atomic mass is 10.2. The molecule has 138 valence electrons. The third kappa shape index (κ3) is 4.29.